The van der Waals surface area contributed by atoms with Gasteiger partial charge in [-0.2, -0.15) is 5.10 Å². The Morgan fingerprint density at radius 2 is 1.91 bits per heavy atom. The minimum atomic E-state index is -1.70. The molecule has 0 unspecified atom stereocenters. The summed E-state index contributed by atoms with van der Waals surface area (Å²) in [6, 6.07) is 7.30. The fraction of sp³-hybridized carbons (Fsp3) is 0.308. The smallest absolute Gasteiger partial charge is 0.320 e. The SMILES string of the molecule is Cn1ccc(-c2cn([C@@H]3O[C@H](C(=O)N(CC[C@H](N)C(=O)O)n4c(N)nc5ccccc54)[C@@H](O)[C@H]3O)c3ncnc(N)c23)n1. The summed E-state index contributed by atoms with van der Waals surface area (Å²) in [5, 5.41) is 37.6. The molecule has 1 amide bonds. The lowest BCUT2D eigenvalue weighted by molar-refractivity contribution is -0.139. The van der Waals surface area contributed by atoms with Gasteiger partial charge in [0.1, 0.15) is 36.0 Å². The third-order valence-corrected chi connectivity index (χ3v) is 7.41. The van der Waals surface area contributed by atoms with Gasteiger partial charge >= 0.3 is 5.97 Å². The highest BCUT2D eigenvalue weighted by atomic mass is 16.6. The van der Waals surface area contributed by atoms with E-state index >= 15 is 0 Å². The van der Waals surface area contributed by atoms with Crippen LogP contribution in [0, 0.1) is 0 Å². The van der Waals surface area contributed by atoms with E-state index < -0.39 is 42.5 Å². The fourth-order valence-electron chi connectivity index (χ4n) is 5.27. The Hall–Kier alpha value is -5.10. The van der Waals surface area contributed by atoms with E-state index in [9.17, 15) is 24.9 Å². The van der Waals surface area contributed by atoms with Crippen molar-refractivity contribution < 1.29 is 29.6 Å². The van der Waals surface area contributed by atoms with Crippen LogP contribution in [0.2, 0.25) is 0 Å². The van der Waals surface area contributed by atoms with Gasteiger partial charge in [-0.25, -0.2) is 24.6 Å². The van der Waals surface area contributed by atoms with Gasteiger partial charge in [0.15, 0.2) is 12.3 Å². The zero-order chi connectivity index (χ0) is 30.6. The van der Waals surface area contributed by atoms with Crippen LogP contribution < -0.4 is 22.2 Å². The number of ether oxygens (including phenoxy) is 1. The lowest BCUT2D eigenvalue weighted by Gasteiger charge is -2.29. The lowest BCUT2D eigenvalue weighted by atomic mass is 10.1. The number of rotatable bonds is 8. The summed E-state index contributed by atoms with van der Waals surface area (Å²) >= 11 is 0. The minimum absolute atomic E-state index is 0.0633. The van der Waals surface area contributed by atoms with E-state index in [2.05, 4.69) is 20.1 Å². The number of nitrogens with two attached hydrogens (primary N) is 3. The number of fused-ring (bicyclic) bond motifs is 2. The Labute approximate surface area is 242 Å². The summed E-state index contributed by atoms with van der Waals surface area (Å²) in [7, 11) is 1.75. The van der Waals surface area contributed by atoms with Crippen LogP contribution in [0.25, 0.3) is 33.3 Å². The van der Waals surface area contributed by atoms with Crippen molar-refractivity contribution in [3.8, 4) is 11.3 Å². The van der Waals surface area contributed by atoms with Crippen LogP contribution in [0.4, 0.5) is 11.8 Å². The van der Waals surface area contributed by atoms with Crippen molar-refractivity contribution in [3.63, 3.8) is 0 Å². The number of amides is 1. The maximum absolute atomic E-state index is 14.1. The molecule has 17 nitrogen and oxygen atoms in total. The molecule has 0 saturated carbocycles. The summed E-state index contributed by atoms with van der Waals surface area (Å²) in [5.41, 5.74) is 20.4. The number of aryl methyl sites for hydroxylation is 1. The maximum atomic E-state index is 14.1. The second kappa shape index (κ2) is 10.6. The van der Waals surface area contributed by atoms with E-state index in [4.69, 9.17) is 21.9 Å². The van der Waals surface area contributed by atoms with Gasteiger partial charge in [0, 0.05) is 31.5 Å². The summed E-state index contributed by atoms with van der Waals surface area (Å²) < 4.78 is 10.4. The number of carbonyl (C=O) groups excluding carboxylic acids is 1. The first-order valence-electron chi connectivity index (χ1n) is 13.2. The Bertz CT molecular complexity index is 1850. The molecule has 43 heavy (non-hydrogen) atoms. The second-order valence-corrected chi connectivity index (χ2v) is 10.2. The molecule has 1 aliphatic heterocycles. The Kier molecular flexibility index (Phi) is 6.93. The normalized spacial score (nSPS) is 21.0. The van der Waals surface area contributed by atoms with Gasteiger partial charge < -0.3 is 41.8 Å². The van der Waals surface area contributed by atoms with Crippen LogP contribution in [0.5, 0.6) is 0 Å². The third-order valence-electron chi connectivity index (χ3n) is 7.41. The molecule has 9 N–H and O–H groups in total. The van der Waals surface area contributed by atoms with Gasteiger partial charge in [0.25, 0.3) is 5.91 Å². The largest absolute Gasteiger partial charge is 0.480 e. The number of aliphatic hydroxyl groups excluding tert-OH is 2. The van der Waals surface area contributed by atoms with Gasteiger partial charge in [-0.15, -0.1) is 0 Å². The fourth-order valence-corrected chi connectivity index (χ4v) is 5.27. The Balaban J connectivity index is 1.39. The number of carboxylic acids is 1. The van der Waals surface area contributed by atoms with Crippen LogP contribution in [0.3, 0.4) is 0 Å². The molecule has 5 aromatic rings. The third kappa shape index (κ3) is 4.69. The number of nitrogen functional groups attached to an aromatic ring is 2. The highest BCUT2D eigenvalue weighted by Gasteiger charge is 2.49. The van der Waals surface area contributed by atoms with Crippen molar-refractivity contribution in [1.82, 2.24) is 34.0 Å². The molecular formula is C26H29N11O6. The molecule has 224 valence electrons. The Morgan fingerprint density at radius 3 is 2.63 bits per heavy atom. The van der Waals surface area contributed by atoms with Crippen molar-refractivity contribution in [2.75, 3.05) is 23.0 Å². The van der Waals surface area contributed by atoms with Crippen molar-refractivity contribution >= 4 is 45.7 Å². The van der Waals surface area contributed by atoms with Gasteiger partial charge in [-0.1, -0.05) is 12.1 Å². The van der Waals surface area contributed by atoms with E-state index in [0.717, 1.165) is 5.01 Å². The molecule has 1 fully saturated rings. The molecule has 1 aliphatic rings. The van der Waals surface area contributed by atoms with Crippen LogP contribution in [0.15, 0.2) is 49.1 Å². The highest BCUT2D eigenvalue weighted by molar-refractivity contribution is 6.00. The van der Waals surface area contributed by atoms with Crippen LogP contribution in [-0.2, 0) is 21.4 Å². The van der Waals surface area contributed by atoms with E-state index in [-0.39, 0.29) is 30.4 Å². The monoisotopic (exact) mass is 591 g/mol. The van der Waals surface area contributed by atoms with E-state index in [1.54, 1.807) is 54.5 Å². The number of carboxylic acid groups (broad SMARTS) is 1. The number of para-hydroxylation sites is 2. The average molecular weight is 592 g/mol. The molecule has 5 heterocycles. The first-order chi connectivity index (χ1) is 20.6. The lowest BCUT2D eigenvalue weighted by Crippen LogP contribution is -2.52. The van der Waals surface area contributed by atoms with Crippen molar-refractivity contribution in [2.24, 2.45) is 12.8 Å². The van der Waals surface area contributed by atoms with Gasteiger partial charge in [0.2, 0.25) is 5.95 Å². The molecule has 0 bridgehead atoms. The van der Waals surface area contributed by atoms with Gasteiger partial charge in [0.05, 0.1) is 22.1 Å². The molecular weight excluding hydrogens is 562 g/mol. The topological polar surface area (TPSA) is 252 Å². The molecule has 0 aliphatic carbocycles. The minimum Gasteiger partial charge on any atom is -0.480 e. The first kappa shape index (κ1) is 28.0. The predicted octanol–water partition coefficient (Wildman–Crippen LogP) is -1.07. The molecule has 17 heteroatoms. The van der Waals surface area contributed by atoms with Gasteiger partial charge in [-0.3, -0.25) is 14.3 Å². The predicted molar refractivity (Wildman–Crippen MR) is 153 cm³/mol. The zero-order valence-electron chi connectivity index (χ0n) is 22.8. The zero-order valence-corrected chi connectivity index (χ0v) is 22.8. The van der Waals surface area contributed by atoms with Crippen molar-refractivity contribution in [3.05, 3.63) is 49.1 Å². The first-order valence-corrected chi connectivity index (χ1v) is 13.2. The highest BCUT2D eigenvalue weighted by Crippen LogP contribution is 2.38. The molecule has 0 spiro atoms. The van der Waals surface area contributed by atoms with Crippen molar-refractivity contribution in [1.29, 1.82) is 0 Å². The molecule has 4 aromatic heterocycles. The average Bonchev–Trinajstić information content (AvgIpc) is 3.73. The number of anilines is 2. The second-order valence-electron chi connectivity index (χ2n) is 10.2. The number of aromatic nitrogens is 7. The summed E-state index contributed by atoms with van der Waals surface area (Å²) in [6.45, 7) is -0.218. The number of imidazole rings is 1. The number of hydrogen-bond acceptors (Lipinski definition) is 12. The molecule has 5 atom stereocenters. The van der Waals surface area contributed by atoms with Crippen LogP contribution >= 0.6 is 0 Å². The summed E-state index contributed by atoms with van der Waals surface area (Å²) in [6.07, 6.45) is -1.72. The standard InChI is InChI=1S/C26H29N11O6/c1-34-8-7-14(33-34)12-10-35(22-17(12)21(28)30-11-31-22)24-19(39)18(38)20(43-24)23(40)36(9-6-13(27)25(41)42)37-16-5-3-2-4-15(16)32-26(37)29/h2-5,7-8,10-11,13,18-20,24,38-39H,6,9,27H2,1H3,(H2,29,32)(H,41,42)(H2,28,30,31)/t13-,18-,19+,20-,24+/m0/s1. The molecule has 1 aromatic carbocycles. The quantitative estimate of drug-likeness (QED) is 0.126. The number of hydrogen-bond donors (Lipinski definition) is 6. The molecule has 1 saturated heterocycles. The number of aliphatic hydroxyl groups is 2. The van der Waals surface area contributed by atoms with Crippen molar-refractivity contribution in [2.45, 2.75) is 37.0 Å². The molecule has 0 radical (unpaired) electrons. The number of nitrogens with zero attached hydrogens (tertiary/aromatic N) is 8. The number of carbonyl (C=O) groups is 2. The number of aliphatic carboxylic acids is 1. The van der Waals surface area contributed by atoms with Crippen LogP contribution in [0.1, 0.15) is 12.6 Å². The van der Waals surface area contributed by atoms with E-state index in [0.29, 0.717) is 27.7 Å². The van der Waals surface area contributed by atoms with Gasteiger partial charge in [-0.05, 0) is 24.6 Å². The summed E-state index contributed by atoms with van der Waals surface area (Å²) in [4.78, 5) is 38.2. The van der Waals surface area contributed by atoms with E-state index in [1.165, 1.54) is 15.6 Å². The van der Waals surface area contributed by atoms with Crippen LogP contribution in [-0.4, -0.2) is 92.1 Å². The summed E-state index contributed by atoms with van der Waals surface area (Å²) in [5.74, 6) is -1.97. The molecule has 6 rings (SSSR count). The Morgan fingerprint density at radius 1 is 1.14 bits per heavy atom. The van der Waals surface area contributed by atoms with E-state index in [1.807, 2.05) is 0 Å². The maximum Gasteiger partial charge on any atom is 0.320 e. The number of benzene rings is 1.